The third-order valence-corrected chi connectivity index (χ3v) is 4.02. The van der Waals surface area contributed by atoms with Crippen LogP contribution in [-0.4, -0.2) is 22.5 Å². The molecule has 0 radical (unpaired) electrons. The number of rotatable bonds is 3. The van der Waals surface area contributed by atoms with Gasteiger partial charge in [-0.15, -0.1) is 0 Å². The third-order valence-electron chi connectivity index (χ3n) is 3.76. The Hall–Kier alpha value is -1.75. The second-order valence-corrected chi connectivity index (χ2v) is 5.53. The molecule has 0 bridgehead atoms. The maximum absolute atomic E-state index is 12.3. The maximum Gasteiger partial charge on any atom is 0.252 e. The largest absolute Gasteiger partial charge is 0.409 e. The summed E-state index contributed by atoms with van der Waals surface area (Å²) in [5.74, 6) is -0.172. The van der Waals surface area contributed by atoms with E-state index in [1.165, 1.54) is 0 Å². The Kier molecular flexibility index (Phi) is 4.49. The molecule has 5 nitrogen and oxygen atoms in total. The Morgan fingerprint density at radius 2 is 1.85 bits per heavy atom. The molecule has 0 aromatic heterocycles. The van der Waals surface area contributed by atoms with E-state index in [-0.39, 0.29) is 11.7 Å². The monoisotopic (exact) mass is 295 g/mol. The maximum atomic E-state index is 12.3. The number of amidine groups is 1. The number of benzene rings is 1. The highest BCUT2D eigenvalue weighted by molar-refractivity contribution is 6.30. The van der Waals surface area contributed by atoms with Gasteiger partial charge in [0.15, 0.2) is 5.84 Å². The normalized spacial score (nSPS) is 18.6. The van der Waals surface area contributed by atoms with E-state index in [0.29, 0.717) is 23.4 Å². The highest BCUT2D eigenvalue weighted by atomic mass is 35.5. The number of nitrogens with one attached hydrogen (secondary N) is 1. The van der Waals surface area contributed by atoms with Crippen molar-refractivity contribution in [3.05, 3.63) is 34.9 Å². The number of carbonyl (C=O) groups excluding carboxylic acids is 1. The van der Waals surface area contributed by atoms with Gasteiger partial charge in [0.1, 0.15) is 5.54 Å². The van der Waals surface area contributed by atoms with Gasteiger partial charge in [-0.1, -0.05) is 36.0 Å². The lowest BCUT2D eigenvalue weighted by atomic mass is 9.80. The average molecular weight is 296 g/mol. The topological polar surface area (TPSA) is 87.7 Å². The standard InChI is InChI=1S/C14H18ClN3O2/c15-11-6-4-10(5-7-11)12(19)17-14(13(16)18-20)8-2-1-3-9-14/h4-7,20H,1-3,8-9H2,(H2,16,18)(H,17,19). The van der Waals surface area contributed by atoms with Crippen molar-refractivity contribution < 1.29 is 10.0 Å². The van der Waals surface area contributed by atoms with Crippen LogP contribution in [0.2, 0.25) is 5.02 Å². The molecule has 1 fully saturated rings. The van der Waals surface area contributed by atoms with Gasteiger partial charge < -0.3 is 16.3 Å². The van der Waals surface area contributed by atoms with Gasteiger partial charge in [0.05, 0.1) is 0 Å². The van der Waals surface area contributed by atoms with Crippen LogP contribution in [0.1, 0.15) is 42.5 Å². The summed E-state index contributed by atoms with van der Waals surface area (Å²) in [6, 6.07) is 6.63. The first-order chi connectivity index (χ1) is 9.57. The Bertz CT molecular complexity index is 508. The van der Waals surface area contributed by atoms with Crippen molar-refractivity contribution in [1.29, 1.82) is 0 Å². The Morgan fingerprint density at radius 1 is 1.25 bits per heavy atom. The molecule has 108 valence electrons. The van der Waals surface area contributed by atoms with Gasteiger partial charge in [0.25, 0.3) is 5.91 Å². The molecule has 0 unspecified atom stereocenters. The van der Waals surface area contributed by atoms with Gasteiger partial charge >= 0.3 is 0 Å². The summed E-state index contributed by atoms with van der Waals surface area (Å²) in [6.07, 6.45) is 4.34. The number of nitrogens with two attached hydrogens (primary N) is 1. The van der Waals surface area contributed by atoms with Crippen LogP contribution in [0, 0.1) is 0 Å². The Labute approximate surface area is 122 Å². The van der Waals surface area contributed by atoms with E-state index in [9.17, 15) is 4.79 Å². The summed E-state index contributed by atoms with van der Waals surface area (Å²) < 4.78 is 0. The molecule has 0 heterocycles. The summed E-state index contributed by atoms with van der Waals surface area (Å²) in [5, 5.41) is 15.6. The molecular weight excluding hydrogens is 278 g/mol. The first-order valence-electron chi connectivity index (χ1n) is 6.63. The summed E-state index contributed by atoms with van der Waals surface area (Å²) >= 11 is 5.80. The van der Waals surface area contributed by atoms with Crippen LogP contribution in [0.5, 0.6) is 0 Å². The van der Waals surface area contributed by atoms with Crippen LogP contribution in [0.3, 0.4) is 0 Å². The molecule has 0 saturated heterocycles. The molecule has 1 aromatic rings. The molecule has 4 N–H and O–H groups in total. The van der Waals surface area contributed by atoms with Gasteiger partial charge in [-0.2, -0.15) is 0 Å². The van der Waals surface area contributed by atoms with E-state index in [1.807, 2.05) is 0 Å². The van der Waals surface area contributed by atoms with Gasteiger partial charge in [-0.3, -0.25) is 4.79 Å². The zero-order chi connectivity index (χ0) is 14.6. The van der Waals surface area contributed by atoms with Crippen LogP contribution in [0.15, 0.2) is 29.4 Å². The van der Waals surface area contributed by atoms with Crippen LogP contribution in [0.4, 0.5) is 0 Å². The zero-order valence-corrected chi connectivity index (χ0v) is 11.9. The lowest BCUT2D eigenvalue weighted by Crippen LogP contribution is -2.58. The number of halogens is 1. The summed E-state index contributed by atoms with van der Waals surface area (Å²) in [6.45, 7) is 0. The van der Waals surface area contributed by atoms with E-state index in [4.69, 9.17) is 22.5 Å². The molecule has 1 amide bonds. The molecule has 1 aliphatic carbocycles. The molecule has 20 heavy (non-hydrogen) atoms. The number of amides is 1. The fraction of sp³-hybridized carbons (Fsp3) is 0.429. The molecule has 1 saturated carbocycles. The minimum absolute atomic E-state index is 0.0690. The molecule has 2 rings (SSSR count). The number of oxime groups is 1. The minimum atomic E-state index is -0.746. The number of carbonyl (C=O) groups is 1. The van der Waals surface area contributed by atoms with Crippen molar-refractivity contribution in [1.82, 2.24) is 5.32 Å². The smallest absolute Gasteiger partial charge is 0.252 e. The second kappa shape index (κ2) is 6.13. The first kappa shape index (κ1) is 14.7. The lowest BCUT2D eigenvalue weighted by molar-refractivity contribution is 0.0905. The van der Waals surface area contributed by atoms with E-state index in [0.717, 1.165) is 19.3 Å². The van der Waals surface area contributed by atoms with Crippen LogP contribution in [0.25, 0.3) is 0 Å². The minimum Gasteiger partial charge on any atom is -0.409 e. The van der Waals surface area contributed by atoms with E-state index in [2.05, 4.69) is 10.5 Å². The van der Waals surface area contributed by atoms with Crippen molar-refractivity contribution in [2.45, 2.75) is 37.6 Å². The number of hydrogen-bond acceptors (Lipinski definition) is 3. The molecule has 1 aromatic carbocycles. The van der Waals surface area contributed by atoms with Gasteiger partial charge in [-0.25, -0.2) is 0 Å². The van der Waals surface area contributed by atoms with E-state index < -0.39 is 5.54 Å². The molecule has 1 aliphatic rings. The predicted molar refractivity (Wildman–Crippen MR) is 78.1 cm³/mol. The van der Waals surface area contributed by atoms with Crippen LogP contribution >= 0.6 is 11.6 Å². The zero-order valence-electron chi connectivity index (χ0n) is 11.1. The van der Waals surface area contributed by atoms with Crippen molar-refractivity contribution in [2.24, 2.45) is 10.9 Å². The first-order valence-corrected chi connectivity index (χ1v) is 7.01. The summed E-state index contributed by atoms with van der Waals surface area (Å²) in [4.78, 5) is 12.3. The Balaban J connectivity index is 2.19. The molecule has 6 heteroatoms. The molecule has 0 atom stereocenters. The summed E-state index contributed by atoms with van der Waals surface area (Å²) in [5.41, 5.74) is 5.56. The predicted octanol–water partition coefficient (Wildman–Crippen LogP) is 2.52. The molecular formula is C14H18ClN3O2. The fourth-order valence-electron chi connectivity index (χ4n) is 2.59. The second-order valence-electron chi connectivity index (χ2n) is 5.09. The highest BCUT2D eigenvalue weighted by Crippen LogP contribution is 2.29. The van der Waals surface area contributed by atoms with Gasteiger partial charge in [-0.05, 0) is 37.1 Å². The highest BCUT2D eigenvalue weighted by Gasteiger charge is 2.38. The summed E-state index contributed by atoms with van der Waals surface area (Å²) in [7, 11) is 0. The number of nitrogens with zero attached hydrogens (tertiary/aromatic N) is 1. The van der Waals surface area contributed by atoms with Crippen LogP contribution in [-0.2, 0) is 0 Å². The van der Waals surface area contributed by atoms with Gasteiger partial charge in [0, 0.05) is 10.6 Å². The van der Waals surface area contributed by atoms with Crippen molar-refractivity contribution in [3.8, 4) is 0 Å². The molecule has 0 aliphatic heterocycles. The SMILES string of the molecule is N/C(=N/O)C1(NC(=O)c2ccc(Cl)cc2)CCCCC1. The molecule has 0 spiro atoms. The fourth-order valence-corrected chi connectivity index (χ4v) is 2.71. The van der Waals surface area contributed by atoms with E-state index >= 15 is 0 Å². The quantitative estimate of drug-likeness (QED) is 0.346. The Morgan fingerprint density at radius 3 is 2.40 bits per heavy atom. The van der Waals surface area contributed by atoms with Crippen molar-refractivity contribution >= 4 is 23.3 Å². The van der Waals surface area contributed by atoms with Gasteiger partial charge in [0.2, 0.25) is 0 Å². The third kappa shape index (κ3) is 3.04. The van der Waals surface area contributed by atoms with Crippen molar-refractivity contribution in [2.75, 3.05) is 0 Å². The number of hydrogen-bond donors (Lipinski definition) is 3. The lowest BCUT2D eigenvalue weighted by Gasteiger charge is -2.36. The van der Waals surface area contributed by atoms with Crippen LogP contribution < -0.4 is 11.1 Å². The van der Waals surface area contributed by atoms with E-state index in [1.54, 1.807) is 24.3 Å². The average Bonchev–Trinajstić information content (AvgIpc) is 2.48. The van der Waals surface area contributed by atoms with Crippen molar-refractivity contribution in [3.63, 3.8) is 0 Å².